The molecule has 0 aromatic heterocycles. The Bertz CT molecular complexity index is 211. The molecule has 0 saturated heterocycles. The van der Waals surface area contributed by atoms with Gasteiger partial charge in [0.15, 0.2) is 0 Å². The van der Waals surface area contributed by atoms with Gasteiger partial charge in [-0.05, 0) is 24.7 Å². The van der Waals surface area contributed by atoms with Crippen molar-refractivity contribution in [2.75, 3.05) is 6.54 Å². The van der Waals surface area contributed by atoms with Crippen molar-refractivity contribution in [1.29, 1.82) is 0 Å². The van der Waals surface area contributed by atoms with Crippen LogP contribution in [-0.4, -0.2) is 29.0 Å². The summed E-state index contributed by atoms with van der Waals surface area (Å²) in [5.41, 5.74) is 0.208. The molecule has 0 rings (SSSR count). The molecule has 16 heavy (non-hydrogen) atoms. The average molecular weight is 231 g/mol. The molecule has 4 heteroatoms. The van der Waals surface area contributed by atoms with Gasteiger partial charge >= 0.3 is 6.09 Å². The summed E-state index contributed by atoms with van der Waals surface area (Å²) in [4.78, 5) is 10.4. The molecule has 3 N–H and O–H groups in total. The fourth-order valence-corrected chi connectivity index (χ4v) is 1.59. The largest absolute Gasteiger partial charge is 0.465 e. The molecule has 4 nitrogen and oxygen atoms in total. The lowest BCUT2D eigenvalue weighted by atomic mass is 9.86. The first-order valence-electron chi connectivity index (χ1n) is 5.91. The van der Waals surface area contributed by atoms with Gasteiger partial charge in [0.2, 0.25) is 0 Å². The second-order valence-corrected chi connectivity index (χ2v) is 5.52. The molecular weight excluding hydrogens is 206 g/mol. The van der Waals surface area contributed by atoms with Gasteiger partial charge in [-0.3, -0.25) is 0 Å². The van der Waals surface area contributed by atoms with E-state index in [0.29, 0.717) is 6.54 Å². The summed E-state index contributed by atoms with van der Waals surface area (Å²) >= 11 is 0. The second kappa shape index (κ2) is 6.74. The van der Waals surface area contributed by atoms with Crippen molar-refractivity contribution < 1.29 is 15.0 Å². The topological polar surface area (TPSA) is 69.6 Å². The standard InChI is InChI=1S/C12H25NO3/c1-5-9(8-13-11(15)16)10(14)6-7-12(2,3)4/h9-10,13-14H,5-8H2,1-4H3,(H,15,16)/t9-,10?/m0/s1. The Morgan fingerprint density at radius 1 is 1.38 bits per heavy atom. The van der Waals surface area contributed by atoms with Crippen LogP contribution in [0.5, 0.6) is 0 Å². The summed E-state index contributed by atoms with van der Waals surface area (Å²) in [6, 6.07) is 0. The average Bonchev–Trinajstić information content (AvgIpc) is 2.14. The molecule has 1 unspecified atom stereocenters. The monoisotopic (exact) mass is 231 g/mol. The molecule has 0 aliphatic carbocycles. The quantitative estimate of drug-likeness (QED) is 0.657. The van der Waals surface area contributed by atoms with Crippen LogP contribution in [0.4, 0.5) is 4.79 Å². The normalized spacial score (nSPS) is 15.6. The Labute approximate surface area is 98.1 Å². The van der Waals surface area contributed by atoms with Gasteiger partial charge in [-0.1, -0.05) is 27.7 Å². The van der Waals surface area contributed by atoms with Crippen LogP contribution in [0.15, 0.2) is 0 Å². The van der Waals surface area contributed by atoms with Crippen molar-refractivity contribution in [1.82, 2.24) is 5.32 Å². The molecule has 0 radical (unpaired) electrons. The van der Waals surface area contributed by atoms with E-state index in [1.807, 2.05) is 6.92 Å². The summed E-state index contributed by atoms with van der Waals surface area (Å²) in [6.07, 6.45) is 1.00. The Kier molecular flexibility index (Phi) is 6.41. The van der Waals surface area contributed by atoms with E-state index in [2.05, 4.69) is 26.1 Å². The molecule has 0 bridgehead atoms. The maximum absolute atomic E-state index is 10.4. The first kappa shape index (κ1) is 15.2. The van der Waals surface area contributed by atoms with Gasteiger partial charge in [-0.2, -0.15) is 0 Å². The van der Waals surface area contributed by atoms with Crippen LogP contribution >= 0.6 is 0 Å². The third-order valence-corrected chi connectivity index (χ3v) is 2.77. The van der Waals surface area contributed by atoms with Gasteiger partial charge < -0.3 is 15.5 Å². The minimum Gasteiger partial charge on any atom is -0.465 e. The lowest BCUT2D eigenvalue weighted by Crippen LogP contribution is -2.34. The minimum atomic E-state index is -1.03. The van der Waals surface area contributed by atoms with Crippen LogP contribution in [0.25, 0.3) is 0 Å². The maximum atomic E-state index is 10.4. The SMILES string of the molecule is CC[C@@H](CNC(=O)O)C(O)CCC(C)(C)C. The predicted octanol–water partition coefficient (Wildman–Crippen LogP) is 2.47. The van der Waals surface area contributed by atoms with Crippen molar-refractivity contribution >= 4 is 6.09 Å². The van der Waals surface area contributed by atoms with Crippen LogP contribution in [0.2, 0.25) is 0 Å². The van der Waals surface area contributed by atoms with Gasteiger partial charge in [0, 0.05) is 12.5 Å². The number of hydrogen-bond acceptors (Lipinski definition) is 2. The Hall–Kier alpha value is -0.770. The lowest BCUT2D eigenvalue weighted by Gasteiger charge is -2.25. The number of carboxylic acid groups (broad SMARTS) is 1. The molecule has 1 amide bonds. The first-order valence-corrected chi connectivity index (χ1v) is 5.91. The summed E-state index contributed by atoms with van der Waals surface area (Å²) in [7, 11) is 0. The molecular formula is C12H25NO3. The molecule has 0 aliphatic rings. The van der Waals surface area contributed by atoms with E-state index in [1.54, 1.807) is 0 Å². The molecule has 96 valence electrons. The van der Waals surface area contributed by atoms with E-state index in [0.717, 1.165) is 19.3 Å². The maximum Gasteiger partial charge on any atom is 0.404 e. The molecule has 0 aromatic rings. The summed E-state index contributed by atoms with van der Waals surface area (Å²) in [5, 5.41) is 20.8. The molecule has 0 fully saturated rings. The number of aliphatic hydroxyl groups excluding tert-OH is 1. The van der Waals surface area contributed by atoms with E-state index in [9.17, 15) is 9.90 Å². The fraction of sp³-hybridized carbons (Fsp3) is 0.917. The van der Waals surface area contributed by atoms with Gasteiger partial charge in [0.25, 0.3) is 0 Å². The van der Waals surface area contributed by atoms with Gasteiger partial charge in [-0.25, -0.2) is 4.79 Å². The zero-order chi connectivity index (χ0) is 12.8. The highest BCUT2D eigenvalue weighted by Gasteiger charge is 2.20. The smallest absolute Gasteiger partial charge is 0.404 e. The van der Waals surface area contributed by atoms with E-state index in [4.69, 9.17) is 5.11 Å². The van der Waals surface area contributed by atoms with E-state index in [-0.39, 0.29) is 11.3 Å². The predicted molar refractivity (Wildman–Crippen MR) is 64.5 cm³/mol. The highest BCUT2D eigenvalue weighted by atomic mass is 16.4. The zero-order valence-corrected chi connectivity index (χ0v) is 10.8. The van der Waals surface area contributed by atoms with Crippen LogP contribution in [0.1, 0.15) is 47.0 Å². The second-order valence-electron chi connectivity index (χ2n) is 5.52. The van der Waals surface area contributed by atoms with Crippen LogP contribution in [0.3, 0.4) is 0 Å². The molecule has 0 aromatic carbocycles. The lowest BCUT2D eigenvalue weighted by molar-refractivity contribution is 0.0830. The molecule has 0 aliphatic heterocycles. The Morgan fingerprint density at radius 3 is 2.31 bits per heavy atom. The van der Waals surface area contributed by atoms with Crippen molar-refractivity contribution in [2.45, 2.75) is 53.1 Å². The highest BCUT2D eigenvalue weighted by Crippen LogP contribution is 2.24. The molecule has 2 atom stereocenters. The third-order valence-electron chi connectivity index (χ3n) is 2.77. The highest BCUT2D eigenvalue weighted by molar-refractivity contribution is 5.64. The molecule has 0 spiro atoms. The zero-order valence-electron chi connectivity index (χ0n) is 10.8. The number of rotatable bonds is 6. The number of aliphatic hydroxyl groups is 1. The van der Waals surface area contributed by atoms with E-state index in [1.165, 1.54) is 0 Å². The van der Waals surface area contributed by atoms with Crippen molar-refractivity contribution in [2.24, 2.45) is 11.3 Å². The number of hydrogen-bond donors (Lipinski definition) is 3. The Balaban J connectivity index is 4.00. The third kappa shape index (κ3) is 7.51. The molecule has 0 heterocycles. The van der Waals surface area contributed by atoms with E-state index < -0.39 is 12.2 Å². The summed E-state index contributed by atoms with van der Waals surface area (Å²) < 4.78 is 0. The van der Waals surface area contributed by atoms with Crippen LogP contribution < -0.4 is 5.32 Å². The first-order chi connectivity index (χ1) is 7.26. The molecule has 0 saturated carbocycles. The van der Waals surface area contributed by atoms with Gasteiger partial charge in [0.05, 0.1) is 6.10 Å². The fourth-order valence-electron chi connectivity index (χ4n) is 1.59. The summed E-state index contributed by atoms with van der Waals surface area (Å²) in [5.74, 6) is 0.0125. The Morgan fingerprint density at radius 2 is 1.94 bits per heavy atom. The van der Waals surface area contributed by atoms with E-state index >= 15 is 0 Å². The van der Waals surface area contributed by atoms with Crippen LogP contribution in [-0.2, 0) is 0 Å². The van der Waals surface area contributed by atoms with Gasteiger partial charge in [0.1, 0.15) is 0 Å². The van der Waals surface area contributed by atoms with Gasteiger partial charge in [-0.15, -0.1) is 0 Å². The number of carbonyl (C=O) groups is 1. The number of nitrogens with one attached hydrogen (secondary N) is 1. The minimum absolute atomic E-state index is 0.0125. The van der Waals surface area contributed by atoms with Crippen molar-refractivity contribution in [3.8, 4) is 0 Å². The summed E-state index contributed by atoms with van der Waals surface area (Å²) in [6.45, 7) is 8.70. The van der Waals surface area contributed by atoms with Crippen LogP contribution in [0, 0.1) is 11.3 Å². The number of amides is 1. The van der Waals surface area contributed by atoms with Crippen molar-refractivity contribution in [3.63, 3.8) is 0 Å². The van der Waals surface area contributed by atoms with Crippen molar-refractivity contribution in [3.05, 3.63) is 0 Å².